The molecule has 0 spiro atoms. The SMILES string of the molecule is O=C1S/C(=C\c2ccc(OCc3ccccc3)c(Br)c2)C(=O)N1Cc1cccc2ccccc12. The molecule has 0 radical (unpaired) electrons. The van der Waals surface area contributed by atoms with Gasteiger partial charge < -0.3 is 4.74 Å². The van der Waals surface area contributed by atoms with E-state index in [1.165, 1.54) is 4.90 Å². The van der Waals surface area contributed by atoms with E-state index in [9.17, 15) is 9.59 Å². The molecule has 5 rings (SSSR count). The average Bonchev–Trinajstić information content (AvgIpc) is 3.11. The summed E-state index contributed by atoms with van der Waals surface area (Å²) in [7, 11) is 0. The van der Waals surface area contributed by atoms with Crippen molar-refractivity contribution in [2.45, 2.75) is 13.2 Å². The molecule has 0 atom stereocenters. The molecule has 0 bridgehead atoms. The Morgan fingerprint density at radius 3 is 2.47 bits per heavy atom. The Morgan fingerprint density at radius 2 is 1.65 bits per heavy atom. The van der Waals surface area contributed by atoms with Gasteiger partial charge in [0.25, 0.3) is 11.1 Å². The minimum absolute atomic E-state index is 0.249. The number of hydrogen-bond donors (Lipinski definition) is 0. The molecular formula is C28H20BrNO3S. The van der Waals surface area contributed by atoms with Gasteiger partial charge in [0.2, 0.25) is 0 Å². The van der Waals surface area contributed by atoms with E-state index in [0.29, 0.717) is 17.3 Å². The van der Waals surface area contributed by atoms with Crippen molar-refractivity contribution in [1.82, 2.24) is 4.90 Å². The van der Waals surface area contributed by atoms with Gasteiger partial charge in [0, 0.05) is 0 Å². The number of fused-ring (bicyclic) bond motifs is 1. The topological polar surface area (TPSA) is 46.6 Å². The number of amides is 2. The zero-order valence-electron chi connectivity index (χ0n) is 18.1. The number of hydrogen-bond acceptors (Lipinski definition) is 4. The molecule has 1 aliphatic heterocycles. The number of thioether (sulfide) groups is 1. The highest BCUT2D eigenvalue weighted by atomic mass is 79.9. The second-order valence-electron chi connectivity index (χ2n) is 7.87. The molecule has 2 amide bonds. The standard InChI is InChI=1S/C28H20BrNO3S/c29-24-15-20(13-14-25(24)33-18-19-7-2-1-3-8-19)16-26-27(31)30(28(32)34-26)17-22-11-6-10-21-9-4-5-12-23(21)22/h1-16H,17-18H2/b26-16-. The number of halogens is 1. The maximum atomic E-state index is 13.1. The van der Waals surface area contributed by atoms with Crippen LogP contribution in [0.1, 0.15) is 16.7 Å². The van der Waals surface area contributed by atoms with Gasteiger partial charge in [0.05, 0.1) is 15.9 Å². The molecule has 1 saturated heterocycles. The van der Waals surface area contributed by atoms with Crippen LogP contribution in [0.4, 0.5) is 4.79 Å². The number of benzene rings is 4. The zero-order valence-corrected chi connectivity index (χ0v) is 20.5. The minimum atomic E-state index is -0.275. The fourth-order valence-corrected chi connectivity index (χ4v) is 5.20. The molecule has 0 aliphatic carbocycles. The van der Waals surface area contributed by atoms with Crippen LogP contribution in [-0.2, 0) is 17.9 Å². The lowest BCUT2D eigenvalue weighted by Crippen LogP contribution is -2.27. The summed E-state index contributed by atoms with van der Waals surface area (Å²) in [5.74, 6) is 0.438. The maximum Gasteiger partial charge on any atom is 0.293 e. The molecule has 0 saturated carbocycles. The zero-order chi connectivity index (χ0) is 23.5. The van der Waals surface area contributed by atoms with Crippen molar-refractivity contribution in [1.29, 1.82) is 0 Å². The second kappa shape index (κ2) is 9.87. The van der Waals surface area contributed by atoms with E-state index in [4.69, 9.17) is 4.74 Å². The van der Waals surface area contributed by atoms with Crippen LogP contribution in [0.2, 0.25) is 0 Å². The summed E-state index contributed by atoms with van der Waals surface area (Å²) < 4.78 is 6.69. The molecule has 1 aliphatic rings. The average molecular weight is 530 g/mol. The molecule has 6 heteroatoms. The summed E-state index contributed by atoms with van der Waals surface area (Å²) in [5, 5.41) is 1.87. The summed E-state index contributed by atoms with van der Waals surface area (Å²) in [6, 6.07) is 29.5. The number of ether oxygens (including phenoxy) is 1. The van der Waals surface area contributed by atoms with Crippen LogP contribution in [0, 0.1) is 0 Å². The van der Waals surface area contributed by atoms with E-state index in [1.54, 1.807) is 6.08 Å². The van der Waals surface area contributed by atoms with Gasteiger partial charge in [-0.1, -0.05) is 78.9 Å². The Morgan fingerprint density at radius 1 is 0.882 bits per heavy atom. The predicted molar refractivity (Wildman–Crippen MR) is 140 cm³/mol. The molecule has 1 heterocycles. The van der Waals surface area contributed by atoms with E-state index < -0.39 is 0 Å². The highest BCUT2D eigenvalue weighted by molar-refractivity contribution is 9.10. The van der Waals surface area contributed by atoms with Crippen LogP contribution in [-0.4, -0.2) is 16.0 Å². The quantitative estimate of drug-likeness (QED) is 0.244. The van der Waals surface area contributed by atoms with Gasteiger partial charge in [-0.05, 0) is 73.4 Å². The molecule has 4 aromatic carbocycles. The third kappa shape index (κ3) is 4.79. The maximum absolute atomic E-state index is 13.1. The van der Waals surface area contributed by atoms with Gasteiger partial charge in [-0.3, -0.25) is 14.5 Å². The van der Waals surface area contributed by atoms with Gasteiger partial charge in [0.15, 0.2) is 0 Å². The van der Waals surface area contributed by atoms with Crippen molar-refractivity contribution in [3.63, 3.8) is 0 Å². The normalized spacial score (nSPS) is 14.9. The highest BCUT2D eigenvalue weighted by Gasteiger charge is 2.35. The van der Waals surface area contributed by atoms with Gasteiger partial charge in [0.1, 0.15) is 12.4 Å². The van der Waals surface area contributed by atoms with Crippen LogP contribution in [0.25, 0.3) is 16.8 Å². The van der Waals surface area contributed by atoms with Gasteiger partial charge >= 0.3 is 0 Å². The van der Waals surface area contributed by atoms with Gasteiger partial charge in [-0.25, -0.2) is 0 Å². The number of rotatable bonds is 6. The first kappa shape index (κ1) is 22.4. The largest absolute Gasteiger partial charge is 0.488 e. The van der Waals surface area contributed by atoms with Gasteiger partial charge in [-0.2, -0.15) is 0 Å². The van der Waals surface area contributed by atoms with Crippen molar-refractivity contribution in [3.8, 4) is 5.75 Å². The molecule has 0 aromatic heterocycles. The van der Waals surface area contributed by atoms with Crippen LogP contribution in [0.5, 0.6) is 5.75 Å². The monoisotopic (exact) mass is 529 g/mol. The second-order valence-corrected chi connectivity index (χ2v) is 9.72. The Hall–Kier alpha value is -3.35. The Labute approximate surface area is 210 Å². The smallest absolute Gasteiger partial charge is 0.293 e. The fraction of sp³-hybridized carbons (Fsp3) is 0.0714. The van der Waals surface area contributed by atoms with E-state index in [1.807, 2.05) is 91.0 Å². The number of nitrogens with zero attached hydrogens (tertiary/aromatic N) is 1. The molecular weight excluding hydrogens is 510 g/mol. The lowest BCUT2D eigenvalue weighted by Gasteiger charge is -2.14. The number of carbonyl (C=O) groups excluding carboxylic acids is 2. The molecule has 34 heavy (non-hydrogen) atoms. The molecule has 0 unspecified atom stereocenters. The first-order valence-electron chi connectivity index (χ1n) is 10.8. The molecule has 0 N–H and O–H groups in total. The van der Waals surface area contributed by atoms with Crippen molar-refractivity contribution < 1.29 is 14.3 Å². The molecule has 4 aromatic rings. The molecule has 168 valence electrons. The van der Waals surface area contributed by atoms with Crippen LogP contribution >= 0.6 is 27.7 Å². The Balaban J connectivity index is 1.32. The van der Waals surface area contributed by atoms with Gasteiger partial charge in [-0.15, -0.1) is 0 Å². The summed E-state index contributed by atoms with van der Waals surface area (Å²) in [4.78, 5) is 27.4. The third-order valence-corrected chi connectivity index (χ3v) is 7.10. The molecule has 4 nitrogen and oxygen atoms in total. The predicted octanol–water partition coefficient (Wildman–Crippen LogP) is 7.42. The fourth-order valence-electron chi connectivity index (χ4n) is 3.85. The summed E-state index contributed by atoms with van der Waals surface area (Å²) >= 11 is 4.52. The Bertz CT molecular complexity index is 1410. The Kier molecular flexibility index (Phi) is 6.52. The first-order valence-corrected chi connectivity index (χ1v) is 12.4. The lowest BCUT2D eigenvalue weighted by atomic mass is 10.0. The lowest BCUT2D eigenvalue weighted by molar-refractivity contribution is -0.123. The van der Waals surface area contributed by atoms with Crippen molar-refractivity contribution >= 4 is 55.7 Å². The van der Waals surface area contributed by atoms with Crippen molar-refractivity contribution in [2.24, 2.45) is 0 Å². The van der Waals surface area contributed by atoms with Crippen LogP contribution in [0.3, 0.4) is 0 Å². The highest BCUT2D eigenvalue weighted by Crippen LogP contribution is 2.35. The van der Waals surface area contributed by atoms with E-state index >= 15 is 0 Å². The van der Waals surface area contributed by atoms with Crippen molar-refractivity contribution in [3.05, 3.63) is 117 Å². The van der Waals surface area contributed by atoms with E-state index in [2.05, 4.69) is 15.9 Å². The van der Waals surface area contributed by atoms with Crippen molar-refractivity contribution in [2.75, 3.05) is 0 Å². The minimum Gasteiger partial charge on any atom is -0.488 e. The van der Waals surface area contributed by atoms with Crippen LogP contribution < -0.4 is 4.74 Å². The van der Waals surface area contributed by atoms with Crippen LogP contribution in [0.15, 0.2) is 100 Å². The summed E-state index contributed by atoms with van der Waals surface area (Å²) in [6.07, 6.45) is 1.75. The van der Waals surface area contributed by atoms with E-state index in [-0.39, 0.29) is 17.7 Å². The molecule has 1 fully saturated rings. The summed E-state index contributed by atoms with van der Waals surface area (Å²) in [5.41, 5.74) is 2.84. The third-order valence-electron chi connectivity index (χ3n) is 5.57. The number of imide groups is 1. The van der Waals surface area contributed by atoms with E-state index in [0.717, 1.165) is 43.7 Å². The number of carbonyl (C=O) groups is 2. The first-order chi connectivity index (χ1) is 16.6. The summed E-state index contributed by atoms with van der Waals surface area (Å²) in [6.45, 7) is 0.713.